The number of nitrogens with zero attached hydrogens (tertiary/aromatic N) is 1. The number of aliphatic hydroxyl groups is 1. The monoisotopic (exact) mass is 176 g/mol. The van der Waals surface area contributed by atoms with Gasteiger partial charge in [0.1, 0.15) is 6.54 Å². The summed E-state index contributed by atoms with van der Waals surface area (Å²) in [6, 6.07) is 0. The van der Waals surface area contributed by atoms with E-state index < -0.39 is 0 Å². The van der Waals surface area contributed by atoms with Gasteiger partial charge in [-0.3, -0.25) is 0 Å². The molecule has 0 aliphatic rings. The van der Waals surface area contributed by atoms with E-state index in [0.29, 0.717) is 6.73 Å². The lowest BCUT2D eigenvalue weighted by atomic mass is 10.4. The molecule has 74 valence electrons. The molecular formula is C9H22NO2+. The lowest BCUT2D eigenvalue weighted by Crippen LogP contribution is -2.43. The maximum absolute atomic E-state index is 8.73. The van der Waals surface area contributed by atoms with E-state index >= 15 is 0 Å². The Bertz CT molecular complexity index is 105. The van der Waals surface area contributed by atoms with Gasteiger partial charge in [0.05, 0.1) is 27.3 Å². The molecule has 0 rings (SSSR count). The number of hydrogen-bond acceptors (Lipinski definition) is 2. The largest absolute Gasteiger partial charge is 0.391 e. The van der Waals surface area contributed by atoms with Crippen LogP contribution in [0.1, 0.15) is 19.8 Å². The van der Waals surface area contributed by atoms with Crippen molar-refractivity contribution >= 4 is 0 Å². The molecule has 0 amide bonds. The summed E-state index contributed by atoms with van der Waals surface area (Å²) >= 11 is 0. The molecule has 1 N–H and O–H groups in total. The Morgan fingerprint density at radius 1 is 1.33 bits per heavy atom. The number of likely N-dealkylation sites (N-methyl/N-ethyl adjacent to an activating group) is 1. The van der Waals surface area contributed by atoms with Crippen molar-refractivity contribution in [3.63, 3.8) is 0 Å². The molecule has 0 heterocycles. The van der Waals surface area contributed by atoms with Gasteiger partial charge in [-0.1, -0.05) is 13.3 Å². The molecule has 0 aliphatic heterocycles. The molecule has 0 bridgehead atoms. The highest BCUT2D eigenvalue weighted by atomic mass is 16.5. The summed E-state index contributed by atoms with van der Waals surface area (Å²) in [5.74, 6) is 0. The minimum atomic E-state index is 0.226. The summed E-state index contributed by atoms with van der Waals surface area (Å²) in [6.07, 6.45) is 2.30. The normalized spacial score (nSPS) is 12.0. The van der Waals surface area contributed by atoms with Gasteiger partial charge in [-0.25, -0.2) is 0 Å². The van der Waals surface area contributed by atoms with Crippen molar-refractivity contribution in [2.75, 3.05) is 40.6 Å². The molecule has 0 aromatic rings. The second-order valence-electron chi connectivity index (χ2n) is 3.77. The molecule has 0 aliphatic carbocycles. The van der Waals surface area contributed by atoms with E-state index in [2.05, 4.69) is 21.0 Å². The summed E-state index contributed by atoms with van der Waals surface area (Å²) in [5, 5.41) is 8.73. The Morgan fingerprint density at radius 2 is 2.00 bits per heavy atom. The number of rotatable bonds is 7. The first kappa shape index (κ1) is 11.9. The van der Waals surface area contributed by atoms with Crippen molar-refractivity contribution in [3.05, 3.63) is 0 Å². The minimum Gasteiger partial charge on any atom is -0.391 e. The Balaban J connectivity index is 3.33. The van der Waals surface area contributed by atoms with Crippen molar-refractivity contribution in [2.24, 2.45) is 0 Å². The number of ether oxygens (including phenoxy) is 1. The molecule has 3 nitrogen and oxygen atoms in total. The van der Waals surface area contributed by atoms with Gasteiger partial charge in [0.25, 0.3) is 0 Å². The number of aliphatic hydroxyl groups excluding tert-OH is 1. The van der Waals surface area contributed by atoms with Crippen LogP contribution in [0.5, 0.6) is 0 Å². The molecular weight excluding hydrogens is 154 g/mol. The number of quaternary nitrogens is 1. The Morgan fingerprint density at radius 3 is 2.50 bits per heavy atom. The van der Waals surface area contributed by atoms with Crippen LogP contribution in [0.3, 0.4) is 0 Å². The lowest BCUT2D eigenvalue weighted by molar-refractivity contribution is -0.910. The summed E-state index contributed by atoms with van der Waals surface area (Å²) in [7, 11) is 4.12. The average molecular weight is 176 g/mol. The molecule has 0 saturated heterocycles. The summed E-state index contributed by atoms with van der Waals surface area (Å²) in [5.41, 5.74) is 0. The molecule has 0 aromatic heterocycles. The molecule has 0 spiro atoms. The molecule has 0 atom stereocenters. The van der Waals surface area contributed by atoms with Gasteiger partial charge >= 0.3 is 0 Å². The van der Waals surface area contributed by atoms with Crippen LogP contribution in [0.25, 0.3) is 0 Å². The zero-order valence-electron chi connectivity index (χ0n) is 8.55. The van der Waals surface area contributed by atoms with Crippen LogP contribution >= 0.6 is 0 Å². The van der Waals surface area contributed by atoms with Crippen LogP contribution in [-0.4, -0.2) is 50.2 Å². The van der Waals surface area contributed by atoms with Crippen molar-refractivity contribution in [2.45, 2.75) is 19.8 Å². The number of hydrogen-bond donors (Lipinski definition) is 1. The second kappa shape index (κ2) is 6.40. The molecule has 3 heteroatoms. The number of unbranched alkanes of at least 4 members (excludes halogenated alkanes) is 1. The fourth-order valence-corrected chi connectivity index (χ4v) is 0.893. The highest BCUT2D eigenvalue weighted by Crippen LogP contribution is 1.97. The maximum Gasteiger partial charge on any atom is 0.182 e. The first-order valence-electron chi connectivity index (χ1n) is 4.63. The zero-order chi connectivity index (χ0) is 9.45. The fourth-order valence-electron chi connectivity index (χ4n) is 0.893. The molecule has 12 heavy (non-hydrogen) atoms. The van der Waals surface area contributed by atoms with Crippen molar-refractivity contribution in [1.29, 1.82) is 0 Å². The highest BCUT2D eigenvalue weighted by Gasteiger charge is 2.12. The second-order valence-corrected chi connectivity index (χ2v) is 3.77. The third-order valence-corrected chi connectivity index (χ3v) is 1.79. The standard InChI is InChI=1S/C9H22NO2/c1-4-5-8-12-9-10(2,3)6-7-11/h11H,4-9H2,1-3H3/q+1. The maximum atomic E-state index is 8.73. The van der Waals surface area contributed by atoms with E-state index in [0.717, 1.165) is 24.1 Å². The molecule has 0 unspecified atom stereocenters. The van der Waals surface area contributed by atoms with Gasteiger partial charge in [-0.15, -0.1) is 0 Å². The quantitative estimate of drug-likeness (QED) is 0.354. The van der Waals surface area contributed by atoms with E-state index in [1.54, 1.807) is 0 Å². The van der Waals surface area contributed by atoms with Gasteiger partial charge < -0.3 is 14.3 Å². The predicted molar refractivity (Wildman–Crippen MR) is 49.8 cm³/mol. The molecule has 0 aromatic carbocycles. The first-order chi connectivity index (χ1) is 5.62. The SMILES string of the molecule is CCCCOC[N+](C)(C)CCO. The smallest absolute Gasteiger partial charge is 0.182 e. The average Bonchev–Trinajstić information content (AvgIpc) is 1.98. The lowest BCUT2D eigenvalue weighted by Gasteiger charge is -2.28. The van der Waals surface area contributed by atoms with Crippen LogP contribution in [0.2, 0.25) is 0 Å². The van der Waals surface area contributed by atoms with Gasteiger partial charge in [0.2, 0.25) is 0 Å². The van der Waals surface area contributed by atoms with Crippen molar-refractivity contribution in [3.8, 4) is 0 Å². The Labute approximate surface area is 75.5 Å². The van der Waals surface area contributed by atoms with Gasteiger partial charge in [0, 0.05) is 0 Å². The first-order valence-corrected chi connectivity index (χ1v) is 4.63. The van der Waals surface area contributed by atoms with Gasteiger partial charge in [-0.2, -0.15) is 0 Å². The van der Waals surface area contributed by atoms with Crippen molar-refractivity contribution in [1.82, 2.24) is 0 Å². The summed E-state index contributed by atoms with van der Waals surface area (Å²) < 4.78 is 6.19. The third-order valence-electron chi connectivity index (χ3n) is 1.79. The molecule has 0 radical (unpaired) electrons. The molecule has 0 saturated carbocycles. The van der Waals surface area contributed by atoms with Crippen LogP contribution in [-0.2, 0) is 4.74 Å². The fraction of sp³-hybridized carbons (Fsp3) is 1.00. The van der Waals surface area contributed by atoms with Crippen LogP contribution in [0.4, 0.5) is 0 Å². The van der Waals surface area contributed by atoms with Gasteiger partial charge in [-0.05, 0) is 6.42 Å². The summed E-state index contributed by atoms with van der Waals surface area (Å²) in [6.45, 7) is 4.66. The highest BCUT2D eigenvalue weighted by molar-refractivity contribution is 4.30. The van der Waals surface area contributed by atoms with E-state index in [1.165, 1.54) is 6.42 Å². The third kappa shape index (κ3) is 6.58. The summed E-state index contributed by atoms with van der Waals surface area (Å²) in [4.78, 5) is 0. The molecule has 0 fully saturated rings. The van der Waals surface area contributed by atoms with Crippen molar-refractivity contribution < 1.29 is 14.3 Å². The van der Waals surface area contributed by atoms with E-state index in [9.17, 15) is 0 Å². The predicted octanol–water partition coefficient (Wildman–Crippen LogP) is 0.829. The van der Waals surface area contributed by atoms with E-state index in [-0.39, 0.29) is 6.61 Å². The van der Waals surface area contributed by atoms with E-state index in [1.807, 2.05) is 0 Å². The van der Waals surface area contributed by atoms with Crippen LogP contribution in [0.15, 0.2) is 0 Å². The van der Waals surface area contributed by atoms with E-state index in [4.69, 9.17) is 9.84 Å². The zero-order valence-corrected chi connectivity index (χ0v) is 8.55. The Kier molecular flexibility index (Phi) is 6.34. The minimum absolute atomic E-state index is 0.226. The van der Waals surface area contributed by atoms with Gasteiger partial charge in [0.15, 0.2) is 6.73 Å². The van der Waals surface area contributed by atoms with Crippen LogP contribution < -0.4 is 0 Å². The Hall–Kier alpha value is -0.120. The topological polar surface area (TPSA) is 29.5 Å². The van der Waals surface area contributed by atoms with Crippen LogP contribution in [0, 0.1) is 0 Å².